The van der Waals surface area contributed by atoms with Gasteiger partial charge in [0, 0.05) is 43.5 Å². The molecule has 1 aliphatic rings. The fourth-order valence-electron chi connectivity index (χ4n) is 3.46. The van der Waals surface area contributed by atoms with E-state index in [9.17, 15) is 4.79 Å². The summed E-state index contributed by atoms with van der Waals surface area (Å²) in [4.78, 5) is 17.2. The van der Waals surface area contributed by atoms with E-state index in [4.69, 9.17) is 25.8 Å². The summed E-state index contributed by atoms with van der Waals surface area (Å²) >= 11 is 6.42. The Kier molecular flexibility index (Phi) is 7.69. The first-order chi connectivity index (χ1) is 14.6. The maximum atomic E-state index is 13.1. The number of hydrogen-bond donors (Lipinski definition) is 0. The molecule has 2 aromatic carbocycles. The number of carbonyl (C=O) groups is 1. The van der Waals surface area contributed by atoms with E-state index in [1.54, 1.807) is 19.2 Å². The summed E-state index contributed by atoms with van der Waals surface area (Å²) in [6.45, 7) is 7.69. The quantitative estimate of drug-likeness (QED) is 0.614. The van der Waals surface area contributed by atoms with E-state index >= 15 is 0 Å². The second-order valence-electron chi connectivity index (χ2n) is 7.05. The molecule has 0 aliphatic carbocycles. The van der Waals surface area contributed by atoms with E-state index in [1.165, 1.54) is 0 Å². The average Bonchev–Trinajstić information content (AvgIpc) is 2.78. The van der Waals surface area contributed by atoms with Gasteiger partial charge in [0.05, 0.1) is 25.3 Å². The minimum atomic E-state index is -0.0508. The monoisotopic (exact) mass is 432 g/mol. The first kappa shape index (κ1) is 22.1. The van der Waals surface area contributed by atoms with Gasteiger partial charge in [0.15, 0.2) is 11.5 Å². The summed E-state index contributed by atoms with van der Waals surface area (Å²) in [6.07, 6.45) is 0.861. The Hall–Kier alpha value is -2.60. The molecule has 1 aliphatic heterocycles. The molecule has 0 radical (unpaired) electrons. The van der Waals surface area contributed by atoms with Gasteiger partial charge in [-0.2, -0.15) is 0 Å². The van der Waals surface area contributed by atoms with E-state index in [0.717, 1.165) is 30.9 Å². The van der Waals surface area contributed by atoms with Gasteiger partial charge >= 0.3 is 0 Å². The molecule has 0 spiro atoms. The lowest BCUT2D eigenvalue weighted by Crippen LogP contribution is -2.48. The molecule has 0 atom stereocenters. The van der Waals surface area contributed by atoms with E-state index in [2.05, 4.69) is 11.0 Å². The summed E-state index contributed by atoms with van der Waals surface area (Å²) in [5.74, 6) is 1.79. The normalized spacial score (nSPS) is 13.9. The predicted molar refractivity (Wildman–Crippen MR) is 120 cm³/mol. The van der Waals surface area contributed by atoms with E-state index < -0.39 is 0 Å². The highest BCUT2D eigenvalue weighted by molar-refractivity contribution is 6.32. The fraction of sp³-hybridized carbons (Fsp3) is 0.435. The molecule has 1 amide bonds. The molecule has 0 aromatic heterocycles. The summed E-state index contributed by atoms with van der Waals surface area (Å²) in [6, 6.07) is 11.4. The van der Waals surface area contributed by atoms with Gasteiger partial charge in [-0.1, -0.05) is 24.6 Å². The maximum Gasteiger partial charge on any atom is 0.254 e. The van der Waals surface area contributed by atoms with Crippen LogP contribution in [0.15, 0.2) is 36.4 Å². The van der Waals surface area contributed by atoms with Gasteiger partial charge in [0.1, 0.15) is 5.75 Å². The number of ether oxygens (including phenoxy) is 3. The Morgan fingerprint density at radius 1 is 1.07 bits per heavy atom. The average molecular weight is 433 g/mol. The highest BCUT2D eigenvalue weighted by Crippen LogP contribution is 2.37. The summed E-state index contributed by atoms with van der Waals surface area (Å²) in [5.41, 5.74) is 1.61. The molecule has 0 saturated carbocycles. The Morgan fingerprint density at radius 2 is 1.83 bits per heavy atom. The molecule has 1 saturated heterocycles. The van der Waals surface area contributed by atoms with Crippen molar-refractivity contribution in [2.75, 3.05) is 51.4 Å². The number of anilines is 1. The SMILES string of the molecule is CCCOc1c(Cl)cc(C(=O)N2CCN(c3cccc(OC)c3)CC2)cc1OCC. The van der Waals surface area contributed by atoms with Crippen molar-refractivity contribution in [3.8, 4) is 17.2 Å². The molecule has 6 nitrogen and oxygen atoms in total. The van der Waals surface area contributed by atoms with Gasteiger partial charge < -0.3 is 24.0 Å². The molecular weight excluding hydrogens is 404 g/mol. The molecule has 0 bridgehead atoms. The lowest BCUT2D eigenvalue weighted by atomic mass is 10.1. The van der Waals surface area contributed by atoms with E-state index in [-0.39, 0.29) is 5.91 Å². The maximum absolute atomic E-state index is 13.1. The van der Waals surface area contributed by atoms with Crippen LogP contribution in [-0.2, 0) is 0 Å². The van der Waals surface area contributed by atoms with Crippen molar-refractivity contribution in [3.63, 3.8) is 0 Å². The van der Waals surface area contributed by atoms with Crippen LogP contribution in [0.5, 0.6) is 17.2 Å². The summed E-state index contributed by atoms with van der Waals surface area (Å²) in [5, 5.41) is 0.396. The van der Waals surface area contributed by atoms with Crippen LogP contribution in [0.25, 0.3) is 0 Å². The first-order valence-electron chi connectivity index (χ1n) is 10.3. The zero-order chi connectivity index (χ0) is 21.5. The smallest absolute Gasteiger partial charge is 0.254 e. The Bertz CT molecular complexity index is 866. The number of carbonyl (C=O) groups excluding carboxylic acids is 1. The van der Waals surface area contributed by atoms with Gasteiger partial charge in [-0.15, -0.1) is 0 Å². The number of hydrogen-bond acceptors (Lipinski definition) is 5. The molecule has 7 heteroatoms. The van der Waals surface area contributed by atoms with Crippen LogP contribution in [0.1, 0.15) is 30.6 Å². The number of amides is 1. The standard InChI is InChI=1S/C23H29ClN2O4/c1-4-13-30-22-20(24)14-17(15-21(22)29-5-2)23(27)26-11-9-25(10-12-26)18-7-6-8-19(16-18)28-3/h6-8,14-16H,4-5,9-13H2,1-3H3. The molecule has 0 unspecified atom stereocenters. The molecular formula is C23H29ClN2O4. The molecule has 162 valence electrons. The van der Waals surface area contributed by atoms with Crippen LogP contribution in [-0.4, -0.2) is 57.3 Å². The van der Waals surface area contributed by atoms with E-state index in [0.29, 0.717) is 48.4 Å². The highest BCUT2D eigenvalue weighted by Gasteiger charge is 2.24. The molecule has 3 rings (SSSR count). The number of methoxy groups -OCH3 is 1. The van der Waals surface area contributed by atoms with Crippen LogP contribution in [0, 0.1) is 0 Å². The lowest BCUT2D eigenvalue weighted by molar-refractivity contribution is 0.0746. The minimum absolute atomic E-state index is 0.0508. The molecule has 30 heavy (non-hydrogen) atoms. The summed E-state index contributed by atoms with van der Waals surface area (Å²) < 4.78 is 16.7. The van der Waals surface area contributed by atoms with Crippen molar-refractivity contribution in [2.24, 2.45) is 0 Å². The van der Waals surface area contributed by atoms with E-state index in [1.807, 2.05) is 36.9 Å². The Labute approximate surface area is 183 Å². The zero-order valence-electron chi connectivity index (χ0n) is 17.8. The van der Waals surface area contributed by atoms with Gasteiger partial charge in [0.2, 0.25) is 0 Å². The van der Waals surface area contributed by atoms with Crippen molar-refractivity contribution >= 4 is 23.2 Å². The topological polar surface area (TPSA) is 51.2 Å². The highest BCUT2D eigenvalue weighted by atomic mass is 35.5. The largest absolute Gasteiger partial charge is 0.497 e. The van der Waals surface area contributed by atoms with Gasteiger partial charge in [-0.05, 0) is 37.6 Å². The van der Waals surface area contributed by atoms with Gasteiger partial charge in [-0.25, -0.2) is 0 Å². The second-order valence-corrected chi connectivity index (χ2v) is 7.45. The van der Waals surface area contributed by atoms with Gasteiger partial charge in [0.25, 0.3) is 5.91 Å². The van der Waals surface area contributed by atoms with Crippen molar-refractivity contribution < 1.29 is 19.0 Å². The molecule has 1 fully saturated rings. The zero-order valence-corrected chi connectivity index (χ0v) is 18.6. The van der Waals surface area contributed by atoms with Crippen molar-refractivity contribution in [3.05, 3.63) is 47.0 Å². The van der Waals surface area contributed by atoms with Crippen LogP contribution < -0.4 is 19.1 Å². The summed E-state index contributed by atoms with van der Waals surface area (Å²) in [7, 11) is 1.66. The third-order valence-corrected chi connectivity index (χ3v) is 5.27. The third kappa shape index (κ3) is 5.11. The first-order valence-corrected chi connectivity index (χ1v) is 10.7. The number of piperazine rings is 1. The molecule has 1 heterocycles. The molecule has 2 aromatic rings. The molecule has 0 N–H and O–H groups in total. The minimum Gasteiger partial charge on any atom is -0.497 e. The number of benzene rings is 2. The van der Waals surface area contributed by atoms with Crippen LogP contribution in [0.2, 0.25) is 5.02 Å². The van der Waals surface area contributed by atoms with Crippen LogP contribution in [0.4, 0.5) is 5.69 Å². The third-order valence-electron chi connectivity index (χ3n) is 4.99. The van der Waals surface area contributed by atoms with Crippen molar-refractivity contribution in [1.29, 1.82) is 0 Å². The number of nitrogens with zero attached hydrogens (tertiary/aromatic N) is 2. The number of halogens is 1. The van der Waals surface area contributed by atoms with Crippen molar-refractivity contribution in [2.45, 2.75) is 20.3 Å². The number of rotatable bonds is 8. The Balaban J connectivity index is 1.71. The Morgan fingerprint density at radius 3 is 2.50 bits per heavy atom. The van der Waals surface area contributed by atoms with Crippen molar-refractivity contribution in [1.82, 2.24) is 4.90 Å². The van der Waals surface area contributed by atoms with Gasteiger partial charge in [-0.3, -0.25) is 4.79 Å². The van der Waals surface area contributed by atoms with Crippen LogP contribution >= 0.6 is 11.6 Å². The predicted octanol–water partition coefficient (Wildman–Crippen LogP) is 4.50. The van der Waals surface area contributed by atoms with Crippen LogP contribution in [0.3, 0.4) is 0 Å². The fourth-order valence-corrected chi connectivity index (χ4v) is 3.72. The lowest BCUT2D eigenvalue weighted by Gasteiger charge is -2.36. The second kappa shape index (κ2) is 10.4.